The molecule has 0 aliphatic rings. The summed E-state index contributed by atoms with van der Waals surface area (Å²) < 4.78 is 15.0. The van der Waals surface area contributed by atoms with Crippen molar-refractivity contribution in [1.29, 1.82) is 0 Å². The summed E-state index contributed by atoms with van der Waals surface area (Å²) >= 11 is 0. The second-order valence-electron chi connectivity index (χ2n) is 4.46. The van der Waals surface area contributed by atoms with Gasteiger partial charge in [0.2, 0.25) is 5.78 Å². The van der Waals surface area contributed by atoms with Gasteiger partial charge in [0.05, 0.1) is 25.4 Å². The number of carbonyl (C=O) groups excluding carboxylic acids is 3. The van der Waals surface area contributed by atoms with Gasteiger partial charge < -0.3 is 13.9 Å². The molecule has 1 aromatic carbocycles. The number of rotatable bonds is 6. The Kier molecular flexibility index (Phi) is 4.73. The number of carbonyl (C=O) groups is 3. The van der Waals surface area contributed by atoms with Gasteiger partial charge in [-0.3, -0.25) is 14.4 Å². The lowest BCUT2D eigenvalue weighted by Gasteiger charge is -2.09. The van der Waals surface area contributed by atoms with Crippen LogP contribution in [-0.4, -0.2) is 24.6 Å². The van der Waals surface area contributed by atoms with Crippen LogP contribution < -0.4 is 9.47 Å². The smallest absolute Gasteiger partial charge is 0.308 e. The Bertz CT molecular complexity index is 699. The third kappa shape index (κ3) is 3.60. The monoisotopic (exact) mass is 302 g/mol. The maximum absolute atomic E-state index is 12.3. The summed E-state index contributed by atoms with van der Waals surface area (Å²) in [5, 5.41) is 0. The molecule has 0 aliphatic carbocycles. The Balaban J connectivity index is 2.26. The lowest BCUT2D eigenvalue weighted by molar-refractivity contribution is -0.131. The maximum atomic E-state index is 12.3. The van der Waals surface area contributed by atoms with Crippen LogP contribution in [0.2, 0.25) is 0 Å². The van der Waals surface area contributed by atoms with Crippen molar-refractivity contribution in [3.8, 4) is 11.5 Å². The number of hydrogen-bond donors (Lipinski definition) is 0. The Hall–Kier alpha value is -2.89. The van der Waals surface area contributed by atoms with Gasteiger partial charge in [-0.1, -0.05) is 0 Å². The van der Waals surface area contributed by atoms with Gasteiger partial charge in [0, 0.05) is 6.92 Å². The highest BCUT2D eigenvalue weighted by molar-refractivity contribution is 6.13. The molecular weight excluding hydrogens is 288 g/mol. The van der Waals surface area contributed by atoms with Crippen molar-refractivity contribution in [1.82, 2.24) is 0 Å². The molecule has 0 saturated carbocycles. The first-order chi connectivity index (χ1) is 10.5. The lowest BCUT2D eigenvalue weighted by Crippen LogP contribution is -2.11. The van der Waals surface area contributed by atoms with E-state index in [0.717, 1.165) is 0 Å². The molecule has 0 fully saturated rings. The van der Waals surface area contributed by atoms with Crippen LogP contribution in [0.25, 0.3) is 0 Å². The summed E-state index contributed by atoms with van der Waals surface area (Å²) in [5.41, 5.74) is 0.106. The van der Waals surface area contributed by atoms with Gasteiger partial charge in [0.1, 0.15) is 11.5 Å². The predicted octanol–water partition coefficient (Wildman–Crippen LogP) is 2.67. The Labute approximate surface area is 126 Å². The summed E-state index contributed by atoms with van der Waals surface area (Å²) in [6.45, 7) is 1.23. The molecule has 6 heteroatoms. The van der Waals surface area contributed by atoms with Crippen LogP contribution in [0.5, 0.6) is 11.5 Å². The third-order valence-electron chi connectivity index (χ3n) is 2.86. The van der Waals surface area contributed by atoms with E-state index in [2.05, 4.69) is 0 Å². The van der Waals surface area contributed by atoms with Gasteiger partial charge in [-0.2, -0.15) is 0 Å². The van der Waals surface area contributed by atoms with Crippen LogP contribution in [0.4, 0.5) is 0 Å². The summed E-state index contributed by atoms with van der Waals surface area (Å²) in [7, 11) is 1.45. The van der Waals surface area contributed by atoms with Gasteiger partial charge in [-0.05, 0) is 30.3 Å². The van der Waals surface area contributed by atoms with E-state index < -0.39 is 24.0 Å². The highest BCUT2D eigenvalue weighted by Gasteiger charge is 2.20. The quantitative estimate of drug-likeness (QED) is 0.353. The number of methoxy groups -OCH3 is 1. The first-order valence-electron chi connectivity index (χ1n) is 6.47. The second-order valence-corrected chi connectivity index (χ2v) is 4.46. The van der Waals surface area contributed by atoms with E-state index in [-0.39, 0.29) is 17.1 Å². The molecule has 0 N–H and O–H groups in total. The van der Waals surface area contributed by atoms with Crippen molar-refractivity contribution in [2.45, 2.75) is 13.3 Å². The van der Waals surface area contributed by atoms with Crippen molar-refractivity contribution in [2.24, 2.45) is 0 Å². The number of hydrogen-bond acceptors (Lipinski definition) is 6. The predicted molar refractivity (Wildman–Crippen MR) is 76.3 cm³/mol. The molecule has 0 saturated heterocycles. The largest absolute Gasteiger partial charge is 0.497 e. The molecule has 0 aliphatic heterocycles. The summed E-state index contributed by atoms with van der Waals surface area (Å²) in [4.78, 5) is 35.3. The standard InChI is InChI=1S/C16H14O6/c1-10(17)22-15-6-5-11(20-2)8-12(15)13(18)9-14(19)16-4-3-7-21-16/h3-8H,9H2,1-2H3. The van der Waals surface area contributed by atoms with Gasteiger partial charge in [-0.15, -0.1) is 0 Å². The highest BCUT2D eigenvalue weighted by Crippen LogP contribution is 2.26. The number of Topliss-reactive ketones (excluding diaryl/α,β-unsaturated/α-hetero) is 2. The first-order valence-corrected chi connectivity index (χ1v) is 6.47. The van der Waals surface area contributed by atoms with E-state index >= 15 is 0 Å². The van der Waals surface area contributed by atoms with E-state index in [0.29, 0.717) is 5.75 Å². The fourth-order valence-electron chi connectivity index (χ4n) is 1.86. The number of ether oxygens (including phenoxy) is 2. The number of furan rings is 1. The zero-order valence-electron chi connectivity index (χ0n) is 12.1. The van der Waals surface area contributed by atoms with E-state index in [1.165, 1.54) is 38.5 Å². The SMILES string of the molecule is COc1ccc(OC(C)=O)c(C(=O)CC(=O)c2ccco2)c1. The van der Waals surface area contributed by atoms with Gasteiger partial charge in [0.15, 0.2) is 11.5 Å². The van der Waals surface area contributed by atoms with Crippen molar-refractivity contribution in [3.05, 3.63) is 47.9 Å². The highest BCUT2D eigenvalue weighted by atomic mass is 16.5. The Morgan fingerprint density at radius 2 is 1.91 bits per heavy atom. The van der Waals surface area contributed by atoms with E-state index in [9.17, 15) is 14.4 Å². The van der Waals surface area contributed by atoms with Crippen LogP contribution in [0, 0.1) is 0 Å². The zero-order chi connectivity index (χ0) is 16.1. The molecule has 0 radical (unpaired) electrons. The van der Waals surface area contributed by atoms with Crippen LogP contribution >= 0.6 is 0 Å². The van der Waals surface area contributed by atoms with Crippen LogP contribution in [0.3, 0.4) is 0 Å². The number of esters is 1. The maximum Gasteiger partial charge on any atom is 0.308 e. The molecule has 0 amide bonds. The van der Waals surface area contributed by atoms with Crippen LogP contribution in [0.15, 0.2) is 41.0 Å². The lowest BCUT2D eigenvalue weighted by atomic mass is 10.0. The molecule has 0 spiro atoms. The molecule has 0 bridgehead atoms. The molecule has 0 unspecified atom stereocenters. The van der Waals surface area contributed by atoms with Crippen molar-refractivity contribution >= 4 is 17.5 Å². The molecule has 2 rings (SSSR count). The minimum Gasteiger partial charge on any atom is -0.497 e. The second kappa shape index (κ2) is 6.71. The Morgan fingerprint density at radius 1 is 1.14 bits per heavy atom. The Morgan fingerprint density at radius 3 is 2.50 bits per heavy atom. The van der Waals surface area contributed by atoms with Crippen molar-refractivity contribution in [2.75, 3.05) is 7.11 Å². The van der Waals surface area contributed by atoms with E-state index in [1.807, 2.05) is 0 Å². The van der Waals surface area contributed by atoms with E-state index in [4.69, 9.17) is 13.9 Å². The topological polar surface area (TPSA) is 82.8 Å². The average Bonchev–Trinajstić information content (AvgIpc) is 3.01. The molecule has 0 atom stereocenters. The van der Waals surface area contributed by atoms with Crippen LogP contribution in [0.1, 0.15) is 34.3 Å². The fourth-order valence-corrected chi connectivity index (χ4v) is 1.86. The van der Waals surface area contributed by atoms with Gasteiger partial charge in [-0.25, -0.2) is 0 Å². The first kappa shape index (κ1) is 15.5. The summed E-state index contributed by atoms with van der Waals surface area (Å²) in [5.74, 6) is -0.889. The normalized spacial score (nSPS) is 10.1. The minimum absolute atomic E-state index is 0.0885. The van der Waals surface area contributed by atoms with Gasteiger partial charge in [0.25, 0.3) is 0 Å². The zero-order valence-corrected chi connectivity index (χ0v) is 12.1. The van der Waals surface area contributed by atoms with Gasteiger partial charge >= 0.3 is 5.97 Å². The molecule has 1 aromatic heterocycles. The van der Waals surface area contributed by atoms with E-state index in [1.54, 1.807) is 12.1 Å². The molecular formula is C16H14O6. The number of ketones is 2. The molecule has 6 nitrogen and oxygen atoms in total. The number of benzene rings is 1. The fraction of sp³-hybridized carbons (Fsp3) is 0.188. The third-order valence-corrected chi connectivity index (χ3v) is 2.86. The summed E-state index contributed by atoms with van der Waals surface area (Å²) in [6.07, 6.45) is 0.961. The average molecular weight is 302 g/mol. The molecule has 22 heavy (non-hydrogen) atoms. The van der Waals surface area contributed by atoms with Crippen molar-refractivity contribution in [3.63, 3.8) is 0 Å². The summed E-state index contributed by atoms with van der Waals surface area (Å²) in [6, 6.07) is 7.48. The molecule has 114 valence electrons. The van der Waals surface area contributed by atoms with Crippen LogP contribution in [-0.2, 0) is 4.79 Å². The van der Waals surface area contributed by atoms with Crippen molar-refractivity contribution < 1.29 is 28.3 Å². The molecule has 1 heterocycles. The minimum atomic E-state index is -0.559. The molecule has 2 aromatic rings.